The number of aromatic nitrogens is 1. The summed E-state index contributed by atoms with van der Waals surface area (Å²) in [6.45, 7) is 4.45. The van der Waals surface area contributed by atoms with E-state index in [1.54, 1.807) is 13.1 Å². The second-order valence-electron chi connectivity index (χ2n) is 7.27. The van der Waals surface area contributed by atoms with Gasteiger partial charge in [-0.1, -0.05) is 48.0 Å². The maximum Gasteiger partial charge on any atom is 0.341 e. The van der Waals surface area contributed by atoms with Crippen molar-refractivity contribution in [3.8, 4) is 5.75 Å². The van der Waals surface area contributed by atoms with Crippen molar-refractivity contribution in [2.45, 2.75) is 20.5 Å². The number of esters is 1. The number of nitrogens with one attached hydrogen (secondary N) is 1. The van der Waals surface area contributed by atoms with Crippen molar-refractivity contribution < 1.29 is 14.3 Å². The summed E-state index contributed by atoms with van der Waals surface area (Å²) in [5.41, 5.74) is 4.67. The number of hydrogen-bond acceptors (Lipinski definition) is 5. The molecule has 162 valence electrons. The fraction of sp³-hybridized carbons (Fsp3) is 0.154. The molecule has 0 saturated heterocycles. The van der Waals surface area contributed by atoms with Crippen LogP contribution < -0.4 is 10.1 Å². The number of anilines is 2. The lowest BCUT2D eigenvalue weighted by Crippen LogP contribution is -2.09. The Morgan fingerprint density at radius 3 is 2.56 bits per heavy atom. The van der Waals surface area contributed by atoms with E-state index in [0.29, 0.717) is 29.5 Å². The third-order valence-corrected chi connectivity index (χ3v) is 5.44. The monoisotopic (exact) mass is 446 g/mol. The fourth-order valence-electron chi connectivity index (χ4n) is 3.42. The van der Waals surface area contributed by atoms with E-state index >= 15 is 0 Å². The highest BCUT2D eigenvalue weighted by atomic mass is 35.5. The number of benzene rings is 3. The van der Waals surface area contributed by atoms with Crippen molar-refractivity contribution in [2.24, 2.45) is 0 Å². The van der Waals surface area contributed by atoms with Crippen LogP contribution in [0.15, 0.2) is 72.9 Å². The number of carbonyl (C=O) groups excluding carboxylic acids is 1. The molecule has 0 amide bonds. The van der Waals surface area contributed by atoms with E-state index in [0.717, 1.165) is 33.5 Å². The minimum Gasteiger partial charge on any atom is -0.489 e. The zero-order valence-corrected chi connectivity index (χ0v) is 18.6. The molecular formula is C26H23ClN2O3. The maximum atomic E-state index is 12.6. The summed E-state index contributed by atoms with van der Waals surface area (Å²) in [5.74, 6) is 0.308. The van der Waals surface area contributed by atoms with Gasteiger partial charge in [0.05, 0.1) is 17.8 Å². The number of aryl methyl sites for hydroxylation is 1. The van der Waals surface area contributed by atoms with Crippen LogP contribution in [0.5, 0.6) is 5.75 Å². The summed E-state index contributed by atoms with van der Waals surface area (Å²) < 4.78 is 11.1. The molecule has 0 spiro atoms. The normalized spacial score (nSPS) is 10.7. The minimum atomic E-state index is -0.411. The van der Waals surface area contributed by atoms with Gasteiger partial charge in [-0.15, -0.1) is 0 Å². The van der Waals surface area contributed by atoms with Gasteiger partial charge in [0.2, 0.25) is 0 Å². The van der Waals surface area contributed by atoms with Crippen LogP contribution >= 0.6 is 11.6 Å². The van der Waals surface area contributed by atoms with E-state index in [9.17, 15) is 4.79 Å². The number of nitrogens with zero attached hydrogens (tertiary/aromatic N) is 1. The van der Waals surface area contributed by atoms with E-state index in [1.165, 1.54) is 0 Å². The average molecular weight is 447 g/mol. The van der Waals surface area contributed by atoms with Gasteiger partial charge in [-0.3, -0.25) is 4.98 Å². The van der Waals surface area contributed by atoms with E-state index in [1.807, 2.05) is 73.7 Å². The van der Waals surface area contributed by atoms with Crippen molar-refractivity contribution in [1.82, 2.24) is 4.98 Å². The standard InChI is InChI=1S/C26H23ClN2O3/c1-3-31-26(30)22-15-28-24-17(2)7-6-9-21(24)25(22)29-19-11-13-20(14-12-19)32-16-18-8-4-5-10-23(18)27/h4-15H,3,16H2,1-2H3,(H,28,29). The second kappa shape index (κ2) is 9.71. The Bertz CT molecular complexity index is 1260. The lowest BCUT2D eigenvalue weighted by Gasteiger charge is -2.15. The van der Waals surface area contributed by atoms with E-state index in [2.05, 4.69) is 10.3 Å². The first-order valence-electron chi connectivity index (χ1n) is 10.4. The lowest BCUT2D eigenvalue weighted by atomic mass is 10.1. The van der Waals surface area contributed by atoms with Crippen molar-refractivity contribution in [1.29, 1.82) is 0 Å². The van der Waals surface area contributed by atoms with Crippen LogP contribution in [0, 0.1) is 6.92 Å². The first-order valence-corrected chi connectivity index (χ1v) is 10.7. The number of pyridine rings is 1. The molecule has 0 radical (unpaired) electrons. The number of fused-ring (bicyclic) bond motifs is 1. The Morgan fingerprint density at radius 1 is 1.03 bits per heavy atom. The Labute approximate surface area is 192 Å². The van der Waals surface area contributed by atoms with E-state index in [-0.39, 0.29) is 0 Å². The Morgan fingerprint density at radius 2 is 1.81 bits per heavy atom. The quantitative estimate of drug-likeness (QED) is 0.320. The summed E-state index contributed by atoms with van der Waals surface area (Å²) >= 11 is 6.19. The van der Waals surface area contributed by atoms with Gasteiger partial charge in [0.1, 0.15) is 17.9 Å². The van der Waals surface area contributed by atoms with Crippen LogP contribution in [0.4, 0.5) is 11.4 Å². The molecule has 0 aliphatic carbocycles. The predicted octanol–water partition coefficient (Wildman–Crippen LogP) is 6.70. The van der Waals surface area contributed by atoms with Gasteiger partial charge in [-0.2, -0.15) is 0 Å². The Hall–Kier alpha value is -3.57. The fourth-order valence-corrected chi connectivity index (χ4v) is 3.61. The average Bonchev–Trinajstić information content (AvgIpc) is 2.80. The van der Waals surface area contributed by atoms with Crippen molar-refractivity contribution >= 4 is 39.8 Å². The summed E-state index contributed by atoms with van der Waals surface area (Å²) in [6, 6.07) is 21.0. The molecule has 0 saturated carbocycles. The molecule has 0 aliphatic rings. The van der Waals surface area contributed by atoms with Gasteiger partial charge < -0.3 is 14.8 Å². The topological polar surface area (TPSA) is 60.5 Å². The molecule has 4 rings (SSSR count). The minimum absolute atomic E-state index is 0.293. The van der Waals surface area contributed by atoms with Crippen molar-refractivity contribution in [3.63, 3.8) is 0 Å². The van der Waals surface area contributed by atoms with E-state index < -0.39 is 5.97 Å². The van der Waals surface area contributed by atoms with Crippen LogP contribution in [0.1, 0.15) is 28.4 Å². The molecule has 0 bridgehead atoms. The first kappa shape index (κ1) is 21.7. The van der Waals surface area contributed by atoms with Crippen LogP contribution in [0.25, 0.3) is 10.9 Å². The molecule has 0 fully saturated rings. The number of hydrogen-bond donors (Lipinski definition) is 1. The number of para-hydroxylation sites is 1. The zero-order valence-electron chi connectivity index (χ0n) is 17.9. The predicted molar refractivity (Wildman–Crippen MR) is 128 cm³/mol. The third kappa shape index (κ3) is 4.68. The highest BCUT2D eigenvalue weighted by molar-refractivity contribution is 6.31. The molecule has 1 N–H and O–H groups in total. The summed E-state index contributed by atoms with van der Waals surface area (Å²) in [7, 11) is 0. The van der Waals surface area contributed by atoms with Crippen LogP contribution in [0.2, 0.25) is 5.02 Å². The molecule has 0 atom stereocenters. The SMILES string of the molecule is CCOC(=O)c1cnc2c(C)cccc2c1Nc1ccc(OCc2ccccc2Cl)cc1. The lowest BCUT2D eigenvalue weighted by molar-refractivity contribution is 0.0527. The Balaban J connectivity index is 1.60. The van der Waals surface area contributed by atoms with Crippen LogP contribution in [0.3, 0.4) is 0 Å². The zero-order chi connectivity index (χ0) is 22.5. The number of rotatable bonds is 7. The summed E-state index contributed by atoms with van der Waals surface area (Å²) in [5, 5.41) is 4.91. The summed E-state index contributed by atoms with van der Waals surface area (Å²) in [4.78, 5) is 17.0. The molecule has 0 aliphatic heterocycles. The van der Waals surface area contributed by atoms with Crippen LogP contribution in [-0.4, -0.2) is 17.6 Å². The highest BCUT2D eigenvalue weighted by Crippen LogP contribution is 2.31. The number of carbonyl (C=O) groups is 1. The highest BCUT2D eigenvalue weighted by Gasteiger charge is 2.17. The van der Waals surface area contributed by atoms with Gasteiger partial charge in [0.25, 0.3) is 0 Å². The third-order valence-electron chi connectivity index (χ3n) is 5.07. The number of halogens is 1. The molecular weight excluding hydrogens is 424 g/mol. The Kier molecular flexibility index (Phi) is 6.57. The van der Waals surface area contributed by atoms with Crippen molar-refractivity contribution in [2.75, 3.05) is 11.9 Å². The number of ether oxygens (including phenoxy) is 2. The molecule has 1 aromatic heterocycles. The maximum absolute atomic E-state index is 12.6. The van der Waals surface area contributed by atoms with Crippen LogP contribution in [-0.2, 0) is 11.3 Å². The smallest absolute Gasteiger partial charge is 0.341 e. The molecule has 32 heavy (non-hydrogen) atoms. The van der Waals surface area contributed by atoms with Crippen molar-refractivity contribution in [3.05, 3.63) is 94.6 Å². The van der Waals surface area contributed by atoms with Gasteiger partial charge >= 0.3 is 5.97 Å². The largest absolute Gasteiger partial charge is 0.489 e. The summed E-state index contributed by atoms with van der Waals surface area (Å²) in [6.07, 6.45) is 1.57. The molecule has 0 unspecified atom stereocenters. The first-order chi connectivity index (χ1) is 15.6. The van der Waals surface area contributed by atoms with Gasteiger partial charge in [-0.25, -0.2) is 4.79 Å². The van der Waals surface area contributed by atoms with E-state index in [4.69, 9.17) is 21.1 Å². The second-order valence-corrected chi connectivity index (χ2v) is 7.68. The molecule has 4 aromatic rings. The molecule has 5 nitrogen and oxygen atoms in total. The van der Waals surface area contributed by atoms with Gasteiger partial charge in [-0.05, 0) is 49.7 Å². The van der Waals surface area contributed by atoms with Gasteiger partial charge in [0.15, 0.2) is 0 Å². The molecule has 3 aromatic carbocycles. The van der Waals surface area contributed by atoms with Gasteiger partial charge in [0, 0.05) is 27.9 Å². The molecule has 1 heterocycles. The molecule has 6 heteroatoms.